The minimum atomic E-state index is -3.04. The highest BCUT2D eigenvalue weighted by Gasteiger charge is 2.29. The van der Waals surface area contributed by atoms with Crippen LogP contribution in [0.5, 0.6) is 5.75 Å². The van der Waals surface area contributed by atoms with Gasteiger partial charge in [-0.3, -0.25) is 4.79 Å². The second kappa shape index (κ2) is 7.63. The van der Waals surface area contributed by atoms with E-state index in [0.29, 0.717) is 12.2 Å². The number of carbonyl (C=O) groups is 1. The number of para-hydroxylation sites is 3. The summed E-state index contributed by atoms with van der Waals surface area (Å²) >= 11 is 0. The van der Waals surface area contributed by atoms with Gasteiger partial charge >= 0.3 is 0 Å². The molecule has 1 fully saturated rings. The summed E-state index contributed by atoms with van der Waals surface area (Å²) in [6.07, 6.45) is 0.461. The molecule has 0 bridgehead atoms. The zero-order valence-corrected chi connectivity index (χ0v) is 16.1. The predicted octanol–water partition coefficient (Wildman–Crippen LogP) is 1.92. The fourth-order valence-electron chi connectivity index (χ4n) is 3.40. The minimum absolute atomic E-state index is 0.00733. The van der Waals surface area contributed by atoms with Crippen LogP contribution in [0.2, 0.25) is 0 Å². The van der Waals surface area contributed by atoms with Crippen molar-refractivity contribution >= 4 is 26.8 Å². The molecule has 1 aliphatic rings. The molecule has 1 amide bonds. The van der Waals surface area contributed by atoms with Gasteiger partial charge in [-0.15, -0.1) is 0 Å². The van der Waals surface area contributed by atoms with Crippen LogP contribution in [0, 0.1) is 0 Å². The number of hydrogen-bond donors (Lipinski definition) is 1. The van der Waals surface area contributed by atoms with Crippen LogP contribution in [0.1, 0.15) is 12.2 Å². The Morgan fingerprint density at radius 2 is 1.89 bits per heavy atom. The third-order valence-corrected chi connectivity index (χ3v) is 6.51. The van der Waals surface area contributed by atoms with Gasteiger partial charge in [-0.1, -0.05) is 30.3 Å². The molecular formula is C20H21N3O4S. The van der Waals surface area contributed by atoms with Crippen LogP contribution in [0.4, 0.5) is 0 Å². The number of fused-ring (bicyclic) bond motifs is 1. The van der Waals surface area contributed by atoms with Crippen LogP contribution in [-0.2, 0) is 27.8 Å². The average molecular weight is 399 g/mol. The smallest absolute Gasteiger partial charge is 0.240 e. The van der Waals surface area contributed by atoms with E-state index >= 15 is 0 Å². The van der Waals surface area contributed by atoms with Gasteiger partial charge in [0.1, 0.15) is 24.7 Å². The molecule has 8 heteroatoms. The van der Waals surface area contributed by atoms with E-state index in [-0.39, 0.29) is 36.6 Å². The second-order valence-corrected chi connectivity index (χ2v) is 9.10. The summed E-state index contributed by atoms with van der Waals surface area (Å²) in [5.74, 6) is 1.27. The molecule has 2 aromatic carbocycles. The Kier molecular flexibility index (Phi) is 5.04. The fourth-order valence-corrected chi connectivity index (χ4v) is 5.08. The first-order valence-corrected chi connectivity index (χ1v) is 10.9. The van der Waals surface area contributed by atoms with E-state index in [4.69, 9.17) is 4.74 Å². The lowest BCUT2D eigenvalue weighted by atomic mass is 10.2. The van der Waals surface area contributed by atoms with Gasteiger partial charge in [0.25, 0.3) is 0 Å². The maximum Gasteiger partial charge on any atom is 0.240 e. The monoisotopic (exact) mass is 399 g/mol. The third-order valence-electron chi connectivity index (χ3n) is 4.74. The highest BCUT2D eigenvalue weighted by atomic mass is 32.2. The number of hydrogen-bond acceptors (Lipinski definition) is 5. The Morgan fingerprint density at radius 1 is 1.14 bits per heavy atom. The summed E-state index contributed by atoms with van der Waals surface area (Å²) < 4.78 is 30.8. The third kappa shape index (κ3) is 4.17. The molecule has 0 aliphatic carbocycles. The fraction of sp³-hybridized carbons (Fsp3) is 0.300. The van der Waals surface area contributed by atoms with Gasteiger partial charge in [0.05, 0.1) is 22.5 Å². The molecule has 4 rings (SSSR count). The van der Waals surface area contributed by atoms with Crippen molar-refractivity contribution in [2.24, 2.45) is 0 Å². The van der Waals surface area contributed by atoms with Crippen molar-refractivity contribution in [3.63, 3.8) is 0 Å². The Balaban J connectivity index is 1.52. The zero-order chi connectivity index (χ0) is 19.6. The normalized spacial score (nSPS) is 18.2. The number of rotatable bonds is 6. The van der Waals surface area contributed by atoms with Gasteiger partial charge < -0.3 is 14.6 Å². The molecule has 1 unspecified atom stereocenters. The summed E-state index contributed by atoms with van der Waals surface area (Å²) in [6, 6.07) is 16.7. The molecule has 0 radical (unpaired) electrons. The number of amides is 1. The number of carbonyl (C=O) groups excluding carboxylic acids is 1. The quantitative estimate of drug-likeness (QED) is 0.684. The van der Waals surface area contributed by atoms with Crippen LogP contribution in [0.15, 0.2) is 54.6 Å². The molecule has 0 spiro atoms. The van der Waals surface area contributed by atoms with Crippen molar-refractivity contribution in [1.29, 1.82) is 0 Å². The molecule has 0 saturated carbocycles. The Labute approximate surface area is 163 Å². The first-order chi connectivity index (χ1) is 13.5. The van der Waals surface area contributed by atoms with Crippen LogP contribution in [-0.4, -0.2) is 41.4 Å². The summed E-state index contributed by atoms with van der Waals surface area (Å²) in [6.45, 7) is 0.286. The number of benzene rings is 2. The zero-order valence-electron chi connectivity index (χ0n) is 15.2. The maximum absolute atomic E-state index is 12.6. The number of nitrogens with zero attached hydrogens (tertiary/aromatic N) is 2. The van der Waals surface area contributed by atoms with Gasteiger partial charge in [-0.25, -0.2) is 13.4 Å². The van der Waals surface area contributed by atoms with Crippen molar-refractivity contribution < 1.29 is 17.9 Å². The van der Waals surface area contributed by atoms with E-state index < -0.39 is 9.84 Å². The van der Waals surface area contributed by atoms with Crippen LogP contribution < -0.4 is 10.1 Å². The summed E-state index contributed by atoms with van der Waals surface area (Å²) in [5, 5.41) is 2.83. The molecule has 1 N–H and O–H groups in total. The molecular weight excluding hydrogens is 378 g/mol. The second-order valence-electron chi connectivity index (χ2n) is 6.87. The maximum atomic E-state index is 12.6. The van der Waals surface area contributed by atoms with Gasteiger partial charge in [0, 0.05) is 6.04 Å². The van der Waals surface area contributed by atoms with E-state index in [1.54, 1.807) is 0 Å². The van der Waals surface area contributed by atoms with Gasteiger partial charge in [0.15, 0.2) is 9.84 Å². The van der Waals surface area contributed by atoms with Crippen LogP contribution >= 0.6 is 0 Å². The first kappa shape index (κ1) is 18.5. The molecule has 2 heterocycles. The van der Waals surface area contributed by atoms with E-state index in [1.165, 1.54) is 0 Å². The SMILES string of the molecule is O=C(Cn1c(COc2ccccc2)nc2ccccc21)NC1CCS(=O)(=O)C1. The van der Waals surface area contributed by atoms with E-state index in [9.17, 15) is 13.2 Å². The lowest BCUT2D eigenvalue weighted by Gasteiger charge is -2.13. The van der Waals surface area contributed by atoms with E-state index in [1.807, 2.05) is 59.2 Å². The van der Waals surface area contributed by atoms with Crippen molar-refractivity contribution in [1.82, 2.24) is 14.9 Å². The molecule has 146 valence electrons. The predicted molar refractivity (Wildman–Crippen MR) is 106 cm³/mol. The summed E-state index contributed by atoms with van der Waals surface area (Å²) in [5.41, 5.74) is 1.62. The number of nitrogens with one attached hydrogen (secondary N) is 1. The van der Waals surface area contributed by atoms with E-state index in [2.05, 4.69) is 10.3 Å². The van der Waals surface area contributed by atoms with Crippen LogP contribution in [0.25, 0.3) is 11.0 Å². The van der Waals surface area contributed by atoms with Crippen molar-refractivity contribution in [2.75, 3.05) is 11.5 Å². The lowest BCUT2D eigenvalue weighted by Crippen LogP contribution is -2.38. The average Bonchev–Trinajstić information content (AvgIpc) is 3.20. The van der Waals surface area contributed by atoms with Crippen LogP contribution in [0.3, 0.4) is 0 Å². The highest BCUT2D eigenvalue weighted by Crippen LogP contribution is 2.19. The number of imidazole rings is 1. The highest BCUT2D eigenvalue weighted by molar-refractivity contribution is 7.91. The number of aromatic nitrogens is 2. The largest absolute Gasteiger partial charge is 0.486 e. The number of sulfone groups is 1. The summed E-state index contributed by atoms with van der Waals surface area (Å²) in [7, 11) is -3.04. The minimum Gasteiger partial charge on any atom is -0.486 e. The Morgan fingerprint density at radius 3 is 2.64 bits per heavy atom. The molecule has 7 nitrogen and oxygen atoms in total. The van der Waals surface area contributed by atoms with Gasteiger partial charge in [-0.2, -0.15) is 0 Å². The standard InChI is InChI=1S/C20H21N3O4S/c24-20(21-15-10-11-28(25,26)14-15)12-23-18-9-5-4-8-17(18)22-19(23)13-27-16-6-2-1-3-7-16/h1-9,15H,10-14H2,(H,21,24). The molecule has 1 atom stereocenters. The van der Waals surface area contributed by atoms with Gasteiger partial charge in [-0.05, 0) is 30.7 Å². The Hall–Kier alpha value is -2.87. The van der Waals surface area contributed by atoms with Gasteiger partial charge in [0.2, 0.25) is 5.91 Å². The van der Waals surface area contributed by atoms with E-state index in [0.717, 1.165) is 16.8 Å². The van der Waals surface area contributed by atoms with Crippen molar-refractivity contribution in [2.45, 2.75) is 25.6 Å². The molecule has 28 heavy (non-hydrogen) atoms. The topological polar surface area (TPSA) is 90.3 Å². The molecule has 3 aromatic rings. The first-order valence-electron chi connectivity index (χ1n) is 9.12. The van der Waals surface area contributed by atoms with Crippen molar-refractivity contribution in [3.05, 3.63) is 60.4 Å². The summed E-state index contributed by atoms with van der Waals surface area (Å²) in [4.78, 5) is 17.1. The Bertz CT molecular complexity index is 1090. The molecule has 1 aliphatic heterocycles. The lowest BCUT2D eigenvalue weighted by molar-refractivity contribution is -0.122. The number of ether oxygens (including phenoxy) is 1. The van der Waals surface area contributed by atoms with Crippen molar-refractivity contribution in [3.8, 4) is 5.75 Å². The molecule has 1 saturated heterocycles. The molecule has 1 aromatic heterocycles.